The normalized spacial score (nSPS) is 19.4. The molecule has 23 heavy (non-hydrogen) atoms. The van der Waals surface area contributed by atoms with Crippen LogP contribution in [0.2, 0.25) is 0 Å². The van der Waals surface area contributed by atoms with Crippen molar-refractivity contribution in [2.45, 2.75) is 39.3 Å². The second-order valence-corrected chi connectivity index (χ2v) is 6.57. The van der Waals surface area contributed by atoms with Crippen molar-refractivity contribution in [1.82, 2.24) is 15.4 Å². The number of aromatic amines is 1. The van der Waals surface area contributed by atoms with Gasteiger partial charge in [-0.3, -0.25) is 10.0 Å². The van der Waals surface area contributed by atoms with Crippen LogP contribution in [0.5, 0.6) is 0 Å². The molecule has 1 atom stereocenters. The summed E-state index contributed by atoms with van der Waals surface area (Å²) in [6, 6.07) is 5.61. The van der Waals surface area contributed by atoms with E-state index in [1.54, 1.807) is 11.5 Å². The van der Waals surface area contributed by atoms with Crippen molar-refractivity contribution in [2.75, 3.05) is 4.90 Å². The van der Waals surface area contributed by atoms with E-state index in [4.69, 9.17) is 10.2 Å². The number of H-pyrrole nitrogens is 1. The third-order valence-electron chi connectivity index (χ3n) is 4.91. The highest BCUT2D eigenvalue weighted by atomic mass is 16.5. The third kappa shape index (κ3) is 2.39. The van der Waals surface area contributed by atoms with E-state index in [1.165, 1.54) is 17.8 Å². The van der Waals surface area contributed by atoms with E-state index in [0.29, 0.717) is 18.0 Å². The maximum Gasteiger partial charge on any atom is 0.274 e. The largest absolute Gasteiger partial charge is 0.334 e. The van der Waals surface area contributed by atoms with Crippen LogP contribution in [0.25, 0.3) is 0 Å². The number of aryl methyl sites for hydroxylation is 1. The molecule has 1 amide bonds. The predicted octanol–water partition coefficient (Wildman–Crippen LogP) is 2.17. The van der Waals surface area contributed by atoms with E-state index < -0.39 is 5.91 Å². The number of carbonyl (C=O) groups is 1. The molecular weight excluding hydrogens is 292 g/mol. The monoisotopic (exact) mass is 312 g/mol. The van der Waals surface area contributed by atoms with Gasteiger partial charge >= 0.3 is 0 Å². The minimum atomic E-state index is -0.462. The van der Waals surface area contributed by atoms with E-state index in [1.807, 2.05) is 12.1 Å². The number of aromatic nitrogens is 2. The number of fused-ring (bicyclic) bond motifs is 2. The van der Waals surface area contributed by atoms with E-state index in [9.17, 15) is 4.79 Å². The number of amides is 1. The molecule has 0 fully saturated rings. The van der Waals surface area contributed by atoms with Crippen molar-refractivity contribution >= 4 is 11.9 Å². The summed E-state index contributed by atoms with van der Waals surface area (Å²) in [4.78, 5) is 22.2. The van der Waals surface area contributed by atoms with Gasteiger partial charge in [-0.05, 0) is 42.4 Å². The van der Waals surface area contributed by atoms with Gasteiger partial charge in [-0.15, -0.1) is 0 Å². The van der Waals surface area contributed by atoms with Crippen LogP contribution in [0.4, 0.5) is 5.95 Å². The van der Waals surface area contributed by atoms with Gasteiger partial charge in [0, 0.05) is 24.3 Å². The predicted molar refractivity (Wildman–Crippen MR) is 85.4 cm³/mol. The Labute approximate surface area is 134 Å². The number of nitrogens with one attached hydrogen (secondary N) is 2. The van der Waals surface area contributed by atoms with Crippen LogP contribution in [-0.2, 0) is 25.9 Å². The number of carbonyl (C=O) groups excluding carboxylic acids is 1. The van der Waals surface area contributed by atoms with E-state index in [-0.39, 0.29) is 0 Å². The zero-order valence-electron chi connectivity index (χ0n) is 13.1. The first-order valence-corrected chi connectivity index (χ1v) is 8.03. The van der Waals surface area contributed by atoms with Crippen molar-refractivity contribution in [3.8, 4) is 0 Å². The molecule has 4 rings (SSSR count). The smallest absolute Gasteiger partial charge is 0.274 e. The molecular formula is C17H20N4O2. The number of nitrogens with zero attached hydrogens (tertiary/aromatic N) is 2. The lowest BCUT2D eigenvalue weighted by Crippen LogP contribution is -2.21. The summed E-state index contributed by atoms with van der Waals surface area (Å²) in [6.45, 7) is 3.62. The highest BCUT2D eigenvalue weighted by molar-refractivity contribution is 5.95. The van der Waals surface area contributed by atoms with E-state index in [2.05, 4.69) is 16.8 Å². The molecule has 2 aromatic rings. The quantitative estimate of drug-likeness (QED) is 0.586. The summed E-state index contributed by atoms with van der Waals surface area (Å²) in [6.07, 6.45) is 3.28. The van der Waals surface area contributed by atoms with Gasteiger partial charge < -0.3 is 9.88 Å². The molecule has 2 aliphatic rings. The van der Waals surface area contributed by atoms with Crippen molar-refractivity contribution in [1.29, 1.82) is 0 Å². The Morgan fingerprint density at radius 3 is 3.13 bits per heavy atom. The first-order chi connectivity index (χ1) is 11.2. The molecule has 2 heterocycles. The van der Waals surface area contributed by atoms with Gasteiger partial charge in [0.05, 0.1) is 5.69 Å². The summed E-state index contributed by atoms with van der Waals surface area (Å²) in [7, 11) is 0. The van der Waals surface area contributed by atoms with Gasteiger partial charge in [-0.25, -0.2) is 10.5 Å². The fraction of sp³-hybridized carbons (Fsp3) is 0.412. The van der Waals surface area contributed by atoms with Crippen LogP contribution in [0.1, 0.15) is 46.2 Å². The minimum Gasteiger partial charge on any atom is -0.334 e. The Kier molecular flexibility index (Phi) is 3.34. The van der Waals surface area contributed by atoms with Gasteiger partial charge in [0.1, 0.15) is 0 Å². The second-order valence-electron chi connectivity index (χ2n) is 6.57. The lowest BCUT2D eigenvalue weighted by atomic mass is 9.92. The Morgan fingerprint density at radius 1 is 1.43 bits per heavy atom. The van der Waals surface area contributed by atoms with Crippen LogP contribution < -0.4 is 10.4 Å². The van der Waals surface area contributed by atoms with Gasteiger partial charge in [0.15, 0.2) is 0 Å². The Balaban J connectivity index is 1.63. The average Bonchev–Trinajstić information content (AvgIpc) is 3.16. The van der Waals surface area contributed by atoms with Crippen LogP contribution in [0.3, 0.4) is 0 Å². The average molecular weight is 312 g/mol. The molecule has 0 spiro atoms. The van der Waals surface area contributed by atoms with Gasteiger partial charge in [0.25, 0.3) is 5.91 Å². The summed E-state index contributed by atoms with van der Waals surface area (Å²) < 4.78 is 0. The topological polar surface area (TPSA) is 81.2 Å². The zero-order valence-corrected chi connectivity index (χ0v) is 13.1. The Hall–Kier alpha value is -2.34. The Bertz CT molecular complexity index is 768. The molecule has 120 valence electrons. The van der Waals surface area contributed by atoms with Crippen LogP contribution in [-0.4, -0.2) is 21.1 Å². The van der Waals surface area contributed by atoms with Crippen LogP contribution in [0, 0.1) is 5.92 Å². The highest BCUT2D eigenvalue weighted by Crippen LogP contribution is 2.31. The van der Waals surface area contributed by atoms with Crippen molar-refractivity contribution in [2.24, 2.45) is 5.92 Å². The molecule has 6 heteroatoms. The summed E-state index contributed by atoms with van der Waals surface area (Å²) in [5.41, 5.74) is 6.76. The van der Waals surface area contributed by atoms with Crippen molar-refractivity contribution < 1.29 is 10.0 Å². The number of hydrogen-bond donors (Lipinski definition) is 3. The molecule has 1 aromatic heterocycles. The molecule has 0 radical (unpaired) electrons. The fourth-order valence-corrected chi connectivity index (χ4v) is 3.63. The molecule has 0 saturated heterocycles. The molecule has 3 N–H and O–H groups in total. The number of rotatable bonds is 2. The third-order valence-corrected chi connectivity index (χ3v) is 4.91. The standard InChI is InChI=1S/C17H20N4O2/c1-10-5-6-14-15(7-10)19-17(18-14)21-8-11-3-2-4-12(13(11)9-21)16(22)20-23/h2-4,10,23H,5-9H2,1H3,(H,18,19)(H,20,22)/t10-/m1/s1. The van der Waals surface area contributed by atoms with Crippen molar-refractivity contribution in [3.05, 3.63) is 46.3 Å². The van der Waals surface area contributed by atoms with Gasteiger partial charge in [-0.1, -0.05) is 19.1 Å². The molecule has 0 unspecified atom stereocenters. The number of hydrogen-bond acceptors (Lipinski definition) is 4. The number of benzene rings is 1. The first-order valence-electron chi connectivity index (χ1n) is 8.03. The zero-order chi connectivity index (χ0) is 16.0. The van der Waals surface area contributed by atoms with Crippen LogP contribution >= 0.6 is 0 Å². The van der Waals surface area contributed by atoms with Gasteiger partial charge in [-0.2, -0.15) is 0 Å². The lowest BCUT2D eigenvalue weighted by Gasteiger charge is -2.15. The molecule has 1 aromatic carbocycles. The summed E-state index contributed by atoms with van der Waals surface area (Å²) in [5, 5.41) is 8.91. The van der Waals surface area contributed by atoms with Gasteiger partial charge in [0.2, 0.25) is 5.95 Å². The van der Waals surface area contributed by atoms with E-state index in [0.717, 1.165) is 36.5 Å². The summed E-state index contributed by atoms with van der Waals surface area (Å²) >= 11 is 0. The molecule has 0 saturated carbocycles. The second kappa shape index (κ2) is 5.38. The number of hydroxylamine groups is 1. The number of imidazole rings is 1. The SMILES string of the molecule is C[C@@H]1CCc2nc(N3Cc4cccc(C(=O)NO)c4C3)[nH]c2C1. The van der Waals surface area contributed by atoms with Crippen LogP contribution in [0.15, 0.2) is 18.2 Å². The molecule has 6 nitrogen and oxygen atoms in total. The molecule has 1 aliphatic carbocycles. The van der Waals surface area contributed by atoms with Crippen molar-refractivity contribution in [3.63, 3.8) is 0 Å². The maximum atomic E-state index is 11.8. The molecule has 0 bridgehead atoms. The fourth-order valence-electron chi connectivity index (χ4n) is 3.63. The highest BCUT2D eigenvalue weighted by Gasteiger charge is 2.27. The first kappa shape index (κ1) is 14.3. The Morgan fingerprint density at radius 2 is 2.30 bits per heavy atom. The maximum absolute atomic E-state index is 11.8. The van der Waals surface area contributed by atoms with E-state index >= 15 is 0 Å². The molecule has 1 aliphatic heterocycles. The lowest BCUT2D eigenvalue weighted by molar-refractivity contribution is 0.0705. The summed E-state index contributed by atoms with van der Waals surface area (Å²) in [5.74, 6) is 1.12. The minimum absolute atomic E-state index is 0.462. The number of anilines is 1.